The van der Waals surface area contributed by atoms with Gasteiger partial charge in [0.2, 0.25) is 0 Å². The van der Waals surface area contributed by atoms with Crippen LogP contribution in [0.4, 0.5) is 5.69 Å². The van der Waals surface area contributed by atoms with E-state index in [-0.39, 0.29) is 52.3 Å². The first-order valence-corrected chi connectivity index (χ1v) is 12.6. The molecular formula is C28H33N3O6. The van der Waals surface area contributed by atoms with Crippen LogP contribution in [-0.4, -0.2) is 58.3 Å². The lowest BCUT2D eigenvalue weighted by atomic mass is 9.97. The molecule has 1 saturated heterocycles. The van der Waals surface area contributed by atoms with Crippen LogP contribution < -0.4 is 5.32 Å². The van der Waals surface area contributed by atoms with Crippen LogP contribution in [0.25, 0.3) is 11.3 Å². The molecule has 2 aromatic carbocycles. The number of morpholine rings is 1. The van der Waals surface area contributed by atoms with Gasteiger partial charge in [-0.15, -0.1) is 0 Å². The first-order chi connectivity index (χ1) is 17.8. The summed E-state index contributed by atoms with van der Waals surface area (Å²) in [6.07, 6.45) is 0.824. The number of aromatic nitrogens is 1. The Bertz CT molecular complexity index is 1260. The van der Waals surface area contributed by atoms with Crippen molar-refractivity contribution in [1.82, 2.24) is 10.1 Å². The summed E-state index contributed by atoms with van der Waals surface area (Å²) in [5.41, 5.74) is 2.38. The fourth-order valence-corrected chi connectivity index (χ4v) is 4.33. The highest BCUT2D eigenvalue weighted by Crippen LogP contribution is 2.42. The quantitative estimate of drug-likeness (QED) is 0.348. The highest BCUT2D eigenvalue weighted by atomic mass is 16.5. The number of Topliss-reactive ketones (excluding diaryl/α,β-unsaturated/α-hetero) is 1. The predicted molar refractivity (Wildman–Crippen MR) is 139 cm³/mol. The molecule has 0 bridgehead atoms. The predicted octanol–water partition coefficient (Wildman–Crippen LogP) is 4.94. The number of nitrogens with zero attached hydrogens (tertiary/aromatic N) is 2. The van der Waals surface area contributed by atoms with E-state index in [9.17, 15) is 19.8 Å². The van der Waals surface area contributed by atoms with Gasteiger partial charge in [0, 0.05) is 37.7 Å². The maximum atomic E-state index is 13.2. The minimum atomic E-state index is -0.435. The molecule has 4 rings (SSSR count). The summed E-state index contributed by atoms with van der Waals surface area (Å²) >= 11 is 0. The van der Waals surface area contributed by atoms with E-state index in [1.165, 1.54) is 6.07 Å². The van der Waals surface area contributed by atoms with Gasteiger partial charge in [0.25, 0.3) is 5.91 Å². The van der Waals surface area contributed by atoms with Gasteiger partial charge in [-0.3, -0.25) is 14.5 Å². The maximum absolute atomic E-state index is 13.2. The number of ketones is 1. The van der Waals surface area contributed by atoms with Crippen molar-refractivity contribution in [2.45, 2.75) is 46.1 Å². The number of hydrogen-bond donors (Lipinski definition) is 3. The number of carbonyl (C=O) groups excluding carboxylic acids is 2. The Balaban J connectivity index is 1.64. The Hall–Kier alpha value is -3.69. The number of phenolic OH excluding ortho intramolecular Hbond substituents is 2. The smallest absolute Gasteiger partial charge is 0.255 e. The van der Waals surface area contributed by atoms with E-state index >= 15 is 0 Å². The molecular weight excluding hydrogens is 474 g/mol. The van der Waals surface area contributed by atoms with Crippen LogP contribution in [0.2, 0.25) is 0 Å². The van der Waals surface area contributed by atoms with Crippen LogP contribution in [0.5, 0.6) is 11.5 Å². The van der Waals surface area contributed by atoms with Crippen LogP contribution in [0.1, 0.15) is 71.5 Å². The highest BCUT2D eigenvalue weighted by Gasteiger charge is 2.27. The van der Waals surface area contributed by atoms with Crippen LogP contribution in [0.15, 0.2) is 40.9 Å². The van der Waals surface area contributed by atoms with Crippen molar-refractivity contribution in [2.24, 2.45) is 0 Å². The van der Waals surface area contributed by atoms with E-state index in [4.69, 9.17) is 9.26 Å². The van der Waals surface area contributed by atoms with Crippen molar-refractivity contribution < 1.29 is 29.1 Å². The van der Waals surface area contributed by atoms with Crippen LogP contribution in [0, 0.1) is 0 Å². The number of benzene rings is 2. The Morgan fingerprint density at radius 2 is 1.78 bits per heavy atom. The van der Waals surface area contributed by atoms with Crippen molar-refractivity contribution in [1.29, 1.82) is 0 Å². The lowest BCUT2D eigenvalue weighted by molar-refractivity contribution is 0.0342. The Morgan fingerprint density at radius 1 is 1.08 bits per heavy atom. The largest absolute Gasteiger partial charge is 0.508 e. The van der Waals surface area contributed by atoms with Gasteiger partial charge in [-0.05, 0) is 41.7 Å². The van der Waals surface area contributed by atoms with Crippen LogP contribution >= 0.6 is 0 Å². The number of nitrogens with one attached hydrogen (secondary N) is 1. The van der Waals surface area contributed by atoms with E-state index < -0.39 is 5.91 Å². The molecule has 0 radical (unpaired) electrons. The number of anilines is 1. The number of amides is 1. The molecule has 1 fully saturated rings. The molecule has 0 aliphatic carbocycles. The fourth-order valence-electron chi connectivity index (χ4n) is 4.33. The fraction of sp³-hybridized carbons (Fsp3) is 0.393. The van der Waals surface area contributed by atoms with Gasteiger partial charge in [-0.2, -0.15) is 0 Å². The normalized spacial score (nSPS) is 14.2. The second kappa shape index (κ2) is 11.6. The van der Waals surface area contributed by atoms with Gasteiger partial charge in [0.1, 0.15) is 17.2 Å². The molecule has 0 atom stereocenters. The van der Waals surface area contributed by atoms with Gasteiger partial charge in [0.15, 0.2) is 17.2 Å². The molecule has 1 aliphatic heterocycles. The highest BCUT2D eigenvalue weighted by molar-refractivity contribution is 6.11. The van der Waals surface area contributed by atoms with E-state index in [1.54, 1.807) is 18.2 Å². The number of ether oxygens (including phenoxy) is 1. The number of phenols is 2. The molecule has 3 aromatic rings. The average Bonchev–Trinajstić information content (AvgIpc) is 3.28. The minimum absolute atomic E-state index is 0.00675. The average molecular weight is 508 g/mol. The van der Waals surface area contributed by atoms with Crippen LogP contribution in [-0.2, 0) is 11.3 Å². The summed E-state index contributed by atoms with van der Waals surface area (Å²) in [6.45, 7) is 9.62. The lowest BCUT2D eigenvalue weighted by Gasteiger charge is -2.26. The molecule has 0 spiro atoms. The SMILES string of the molecule is CCCC(=O)c1noc(-c2cc(C(C)C)c(O)cc2O)c1NC(=O)c1ccc(CN2CCOCC2)cc1. The Labute approximate surface area is 216 Å². The van der Waals surface area contributed by atoms with Gasteiger partial charge >= 0.3 is 0 Å². The van der Waals surface area contributed by atoms with E-state index in [0.717, 1.165) is 38.4 Å². The lowest BCUT2D eigenvalue weighted by Crippen LogP contribution is -2.35. The van der Waals surface area contributed by atoms with E-state index in [1.807, 2.05) is 32.9 Å². The zero-order chi connectivity index (χ0) is 26.5. The van der Waals surface area contributed by atoms with E-state index in [2.05, 4.69) is 15.4 Å². The second-order valence-electron chi connectivity index (χ2n) is 9.53. The first-order valence-electron chi connectivity index (χ1n) is 12.6. The van der Waals surface area contributed by atoms with Gasteiger partial charge in [-0.1, -0.05) is 38.1 Å². The van der Waals surface area contributed by atoms with Crippen molar-refractivity contribution in [3.63, 3.8) is 0 Å². The maximum Gasteiger partial charge on any atom is 0.255 e. The zero-order valence-corrected chi connectivity index (χ0v) is 21.4. The summed E-state index contributed by atoms with van der Waals surface area (Å²) < 4.78 is 10.9. The third-order valence-electron chi connectivity index (χ3n) is 6.41. The molecule has 0 unspecified atom stereocenters. The molecule has 3 N–H and O–H groups in total. The monoisotopic (exact) mass is 507 g/mol. The molecule has 37 heavy (non-hydrogen) atoms. The second-order valence-corrected chi connectivity index (χ2v) is 9.53. The summed E-state index contributed by atoms with van der Waals surface area (Å²) in [4.78, 5) is 28.3. The Kier molecular flexibility index (Phi) is 8.25. The summed E-state index contributed by atoms with van der Waals surface area (Å²) in [7, 11) is 0. The number of rotatable bonds is 9. The number of carbonyl (C=O) groups is 2. The van der Waals surface area contributed by atoms with Crippen LogP contribution in [0.3, 0.4) is 0 Å². The van der Waals surface area contributed by atoms with Gasteiger partial charge in [-0.25, -0.2) is 0 Å². The Morgan fingerprint density at radius 3 is 2.43 bits per heavy atom. The standard InChI is InChI=1S/C28H33N3O6/c1-4-5-22(32)25-26(27(37-30-25)21-14-20(17(2)3)23(33)15-24(21)34)29-28(35)19-8-6-18(7-9-19)16-31-10-12-36-13-11-31/h6-9,14-15,17,33-34H,4-5,10-13,16H2,1-3H3,(H,29,35). The molecule has 9 nitrogen and oxygen atoms in total. The van der Waals surface area contributed by atoms with Crippen molar-refractivity contribution in [3.8, 4) is 22.8 Å². The zero-order valence-electron chi connectivity index (χ0n) is 21.4. The number of aromatic hydroxyl groups is 2. The first kappa shape index (κ1) is 26.4. The molecule has 0 saturated carbocycles. The van der Waals surface area contributed by atoms with E-state index in [0.29, 0.717) is 17.5 Å². The third kappa shape index (κ3) is 6.00. The third-order valence-corrected chi connectivity index (χ3v) is 6.41. The molecule has 196 valence electrons. The van der Waals surface area contributed by atoms with Crippen molar-refractivity contribution >= 4 is 17.4 Å². The molecule has 1 amide bonds. The summed E-state index contributed by atoms with van der Waals surface area (Å²) in [6, 6.07) is 10.1. The molecule has 1 aromatic heterocycles. The number of hydrogen-bond acceptors (Lipinski definition) is 8. The topological polar surface area (TPSA) is 125 Å². The minimum Gasteiger partial charge on any atom is -0.508 e. The molecule has 2 heterocycles. The van der Waals surface area contributed by atoms with Crippen molar-refractivity contribution in [2.75, 3.05) is 31.6 Å². The van der Waals surface area contributed by atoms with Gasteiger partial charge < -0.3 is 24.8 Å². The molecule has 1 aliphatic rings. The van der Waals surface area contributed by atoms with Crippen molar-refractivity contribution in [3.05, 3.63) is 58.8 Å². The summed E-state index contributed by atoms with van der Waals surface area (Å²) in [5, 5.41) is 27.6. The summed E-state index contributed by atoms with van der Waals surface area (Å²) in [5.74, 6) is -1.02. The van der Waals surface area contributed by atoms with Gasteiger partial charge in [0.05, 0.1) is 18.8 Å². The molecule has 9 heteroatoms.